The molecule has 0 amide bonds. The van der Waals surface area contributed by atoms with E-state index in [1.54, 1.807) is 0 Å². The first-order chi connectivity index (χ1) is 6.95. The normalized spacial score (nSPS) is 13.7. The third-order valence-corrected chi connectivity index (χ3v) is 2.49. The molecule has 0 heterocycles. The molecule has 1 aromatic rings. The molecule has 2 heteroatoms. The van der Waals surface area contributed by atoms with Crippen LogP contribution in [0.25, 0.3) is 0 Å². The Morgan fingerprint density at radius 3 is 2.40 bits per heavy atom. The van der Waals surface area contributed by atoms with Crippen LogP contribution in [-0.4, -0.2) is 12.6 Å². The third kappa shape index (κ3) is 3.24. The summed E-state index contributed by atoms with van der Waals surface area (Å²) in [5.41, 5.74) is 8.32. The van der Waals surface area contributed by atoms with E-state index in [4.69, 9.17) is 5.73 Å². The van der Waals surface area contributed by atoms with Gasteiger partial charge in [0.2, 0.25) is 0 Å². The summed E-state index contributed by atoms with van der Waals surface area (Å²) in [6.07, 6.45) is 0. The van der Waals surface area contributed by atoms with Crippen molar-refractivity contribution in [2.75, 3.05) is 11.9 Å². The van der Waals surface area contributed by atoms with Crippen molar-refractivity contribution in [3.63, 3.8) is 0 Å². The van der Waals surface area contributed by atoms with Crippen molar-refractivity contribution in [3.05, 3.63) is 29.8 Å². The molecule has 2 nitrogen and oxygen atoms in total. The first kappa shape index (κ1) is 12.1. The van der Waals surface area contributed by atoms with E-state index in [1.807, 2.05) is 0 Å². The highest BCUT2D eigenvalue weighted by molar-refractivity contribution is 5.54. The van der Waals surface area contributed by atoms with Gasteiger partial charge in [0.05, 0.1) is 0 Å². The molecular weight excluding hydrogens is 184 g/mol. The van der Waals surface area contributed by atoms with Crippen LogP contribution in [0.2, 0.25) is 0 Å². The summed E-state index contributed by atoms with van der Waals surface area (Å²) in [4.78, 5) is 0. The van der Waals surface area contributed by atoms with E-state index in [-0.39, 0.29) is 5.41 Å². The molecule has 1 aromatic carbocycles. The number of rotatable bonds is 3. The molecule has 1 atom stereocenters. The molecule has 15 heavy (non-hydrogen) atoms. The van der Waals surface area contributed by atoms with Gasteiger partial charge in [0.15, 0.2) is 0 Å². The number of benzene rings is 1. The average Bonchev–Trinajstić information content (AvgIpc) is 2.17. The van der Waals surface area contributed by atoms with E-state index in [1.165, 1.54) is 11.3 Å². The second-order valence-electron chi connectivity index (χ2n) is 5.08. The minimum atomic E-state index is 0.165. The summed E-state index contributed by atoms with van der Waals surface area (Å²) in [5, 5.41) is 3.44. The number of hydrogen-bond acceptors (Lipinski definition) is 2. The summed E-state index contributed by atoms with van der Waals surface area (Å²) < 4.78 is 0. The second kappa shape index (κ2) is 4.67. The van der Waals surface area contributed by atoms with Crippen molar-refractivity contribution in [2.45, 2.75) is 39.2 Å². The van der Waals surface area contributed by atoms with Gasteiger partial charge in [0.25, 0.3) is 0 Å². The van der Waals surface area contributed by atoms with E-state index >= 15 is 0 Å². The number of anilines is 1. The highest BCUT2D eigenvalue weighted by Gasteiger charge is 2.17. The van der Waals surface area contributed by atoms with Crippen molar-refractivity contribution in [1.29, 1.82) is 0 Å². The van der Waals surface area contributed by atoms with Crippen LogP contribution >= 0.6 is 0 Å². The number of nitrogens with one attached hydrogen (secondary N) is 1. The number of hydrogen-bond donors (Lipinski definition) is 2. The van der Waals surface area contributed by atoms with Gasteiger partial charge in [0, 0.05) is 18.3 Å². The summed E-state index contributed by atoms with van der Waals surface area (Å²) in [6.45, 7) is 9.42. The zero-order chi connectivity index (χ0) is 11.5. The molecule has 0 aliphatic heterocycles. The lowest BCUT2D eigenvalue weighted by atomic mass is 9.85. The average molecular weight is 206 g/mol. The van der Waals surface area contributed by atoms with Crippen molar-refractivity contribution in [1.82, 2.24) is 0 Å². The molecule has 0 aliphatic rings. The smallest absolute Gasteiger partial charge is 0.0380 e. The largest absolute Gasteiger partial charge is 0.381 e. The fourth-order valence-corrected chi connectivity index (χ4v) is 1.59. The van der Waals surface area contributed by atoms with Crippen molar-refractivity contribution >= 4 is 5.69 Å². The SMILES string of the molecule is CC(CN)Nc1ccccc1C(C)(C)C. The predicted molar refractivity (Wildman–Crippen MR) is 67.3 cm³/mol. The molecular formula is C13H22N2. The van der Waals surface area contributed by atoms with Crippen molar-refractivity contribution in [2.24, 2.45) is 5.73 Å². The Kier molecular flexibility index (Phi) is 3.75. The van der Waals surface area contributed by atoms with Gasteiger partial charge < -0.3 is 11.1 Å². The second-order valence-corrected chi connectivity index (χ2v) is 5.08. The molecule has 0 spiro atoms. The van der Waals surface area contributed by atoms with E-state index in [0.29, 0.717) is 12.6 Å². The minimum Gasteiger partial charge on any atom is -0.381 e. The van der Waals surface area contributed by atoms with Crippen LogP contribution in [-0.2, 0) is 5.41 Å². The lowest BCUT2D eigenvalue weighted by Crippen LogP contribution is -2.27. The fraction of sp³-hybridized carbons (Fsp3) is 0.538. The van der Waals surface area contributed by atoms with Crippen LogP contribution in [0.5, 0.6) is 0 Å². The van der Waals surface area contributed by atoms with Gasteiger partial charge >= 0.3 is 0 Å². The van der Waals surface area contributed by atoms with Gasteiger partial charge in [-0.05, 0) is 24.0 Å². The quantitative estimate of drug-likeness (QED) is 0.798. The molecule has 1 unspecified atom stereocenters. The van der Waals surface area contributed by atoms with E-state index < -0.39 is 0 Å². The molecule has 1 rings (SSSR count). The van der Waals surface area contributed by atoms with Crippen LogP contribution in [0, 0.1) is 0 Å². The lowest BCUT2D eigenvalue weighted by Gasteiger charge is -2.25. The van der Waals surface area contributed by atoms with Crippen LogP contribution in [0.3, 0.4) is 0 Å². The van der Waals surface area contributed by atoms with Gasteiger partial charge in [-0.25, -0.2) is 0 Å². The Bertz CT molecular complexity index is 313. The van der Waals surface area contributed by atoms with Gasteiger partial charge in [-0.1, -0.05) is 39.0 Å². The Morgan fingerprint density at radius 2 is 1.87 bits per heavy atom. The minimum absolute atomic E-state index is 0.165. The highest BCUT2D eigenvalue weighted by Crippen LogP contribution is 2.29. The Labute approximate surface area is 92.9 Å². The predicted octanol–water partition coefficient (Wildman–Crippen LogP) is 2.74. The van der Waals surface area contributed by atoms with Crippen LogP contribution in [0.4, 0.5) is 5.69 Å². The van der Waals surface area contributed by atoms with E-state index in [0.717, 1.165) is 0 Å². The first-order valence-electron chi connectivity index (χ1n) is 5.51. The topological polar surface area (TPSA) is 38.0 Å². The molecule has 0 aliphatic carbocycles. The first-order valence-corrected chi connectivity index (χ1v) is 5.51. The van der Waals surface area contributed by atoms with Crippen molar-refractivity contribution in [3.8, 4) is 0 Å². The van der Waals surface area contributed by atoms with Gasteiger partial charge in [0.1, 0.15) is 0 Å². The monoisotopic (exact) mass is 206 g/mol. The Hall–Kier alpha value is -1.02. The van der Waals surface area contributed by atoms with Gasteiger partial charge in [-0.15, -0.1) is 0 Å². The maximum atomic E-state index is 5.62. The molecule has 3 N–H and O–H groups in total. The highest BCUT2D eigenvalue weighted by atomic mass is 14.9. The van der Waals surface area contributed by atoms with Gasteiger partial charge in [-0.3, -0.25) is 0 Å². The Balaban J connectivity index is 2.97. The standard InChI is InChI=1S/C13H22N2/c1-10(9-14)15-12-8-6-5-7-11(12)13(2,3)4/h5-8,10,15H,9,14H2,1-4H3. The number of nitrogens with two attached hydrogens (primary N) is 1. The summed E-state index contributed by atoms with van der Waals surface area (Å²) in [5.74, 6) is 0. The van der Waals surface area contributed by atoms with E-state index in [9.17, 15) is 0 Å². The maximum Gasteiger partial charge on any atom is 0.0380 e. The zero-order valence-corrected chi connectivity index (χ0v) is 10.2. The summed E-state index contributed by atoms with van der Waals surface area (Å²) in [7, 11) is 0. The third-order valence-electron chi connectivity index (χ3n) is 2.49. The number of para-hydroxylation sites is 1. The van der Waals surface area contributed by atoms with Crippen LogP contribution in [0.15, 0.2) is 24.3 Å². The lowest BCUT2D eigenvalue weighted by molar-refractivity contribution is 0.590. The van der Waals surface area contributed by atoms with Crippen LogP contribution in [0.1, 0.15) is 33.3 Å². The van der Waals surface area contributed by atoms with Crippen LogP contribution < -0.4 is 11.1 Å². The molecule has 0 radical (unpaired) electrons. The van der Waals surface area contributed by atoms with E-state index in [2.05, 4.69) is 57.3 Å². The molecule has 84 valence electrons. The molecule has 0 fully saturated rings. The Morgan fingerprint density at radius 1 is 1.27 bits per heavy atom. The maximum absolute atomic E-state index is 5.62. The van der Waals surface area contributed by atoms with Crippen molar-refractivity contribution < 1.29 is 0 Å². The molecule has 0 saturated heterocycles. The van der Waals surface area contributed by atoms with Gasteiger partial charge in [-0.2, -0.15) is 0 Å². The molecule has 0 bridgehead atoms. The molecule has 0 aromatic heterocycles. The zero-order valence-electron chi connectivity index (χ0n) is 10.2. The fourth-order valence-electron chi connectivity index (χ4n) is 1.59. The molecule has 0 saturated carbocycles. The summed E-state index contributed by atoms with van der Waals surface area (Å²) >= 11 is 0. The summed E-state index contributed by atoms with van der Waals surface area (Å²) in [6, 6.07) is 8.74.